The molecule has 0 bridgehead atoms. The first-order chi connectivity index (χ1) is 9.16. The Morgan fingerprint density at radius 1 is 1.05 bits per heavy atom. The topological polar surface area (TPSA) is 53.1 Å². The molecular formula is C15H10ClNO2. The monoisotopic (exact) mass is 271 g/mol. The molecule has 19 heavy (non-hydrogen) atoms. The zero-order valence-corrected chi connectivity index (χ0v) is 10.6. The largest absolute Gasteiger partial charge is 0.477 e. The highest BCUT2D eigenvalue weighted by Gasteiger charge is 2.16. The number of halogens is 1. The maximum Gasteiger partial charge on any atom is 0.352 e. The number of nitrogens with one attached hydrogen (secondary N) is 1. The molecule has 3 rings (SSSR count). The highest BCUT2D eigenvalue weighted by atomic mass is 35.5. The fraction of sp³-hybridized carbons (Fsp3) is 0. The molecule has 94 valence electrons. The van der Waals surface area contributed by atoms with Crippen molar-refractivity contribution in [2.75, 3.05) is 0 Å². The lowest BCUT2D eigenvalue weighted by atomic mass is 10.1. The van der Waals surface area contributed by atoms with Gasteiger partial charge in [-0.05, 0) is 17.7 Å². The third kappa shape index (κ3) is 1.98. The second-order valence-electron chi connectivity index (χ2n) is 4.24. The molecule has 0 saturated heterocycles. The maximum absolute atomic E-state index is 11.3. The zero-order chi connectivity index (χ0) is 13.4. The summed E-state index contributed by atoms with van der Waals surface area (Å²) in [6, 6.07) is 14.8. The Labute approximate surface area is 114 Å². The Balaban J connectivity index is 2.36. The van der Waals surface area contributed by atoms with Gasteiger partial charge in [0.2, 0.25) is 0 Å². The number of aromatic carboxylic acids is 1. The molecule has 0 aliphatic heterocycles. The van der Waals surface area contributed by atoms with Gasteiger partial charge in [-0.1, -0.05) is 48.0 Å². The second kappa shape index (κ2) is 4.44. The molecule has 0 aliphatic rings. The number of rotatable bonds is 2. The lowest BCUT2D eigenvalue weighted by Gasteiger charge is -1.99. The van der Waals surface area contributed by atoms with E-state index in [0.717, 1.165) is 16.6 Å². The van der Waals surface area contributed by atoms with Crippen LogP contribution in [0.15, 0.2) is 48.5 Å². The predicted octanol–water partition coefficient (Wildman–Crippen LogP) is 4.19. The normalized spacial score (nSPS) is 10.8. The van der Waals surface area contributed by atoms with E-state index >= 15 is 0 Å². The lowest BCUT2D eigenvalue weighted by molar-refractivity contribution is 0.0693. The van der Waals surface area contributed by atoms with Crippen LogP contribution in [0.25, 0.3) is 22.0 Å². The van der Waals surface area contributed by atoms with Crippen molar-refractivity contribution < 1.29 is 9.90 Å². The van der Waals surface area contributed by atoms with Crippen molar-refractivity contribution in [2.45, 2.75) is 0 Å². The first kappa shape index (κ1) is 11.8. The Bertz CT molecular complexity index is 762. The Morgan fingerprint density at radius 2 is 1.79 bits per heavy atom. The summed E-state index contributed by atoms with van der Waals surface area (Å²) in [6.07, 6.45) is 0. The van der Waals surface area contributed by atoms with Gasteiger partial charge in [0.25, 0.3) is 0 Å². The molecule has 2 aromatic carbocycles. The van der Waals surface area contributed by atoms with Crippen LogP contribution in [0.3, 0.4) is 0 Å². The first-order valence-corrected chi connectivity index (χ1v) is 6.14. The second-order valence-corrected chi connectivity index (χ2v) is 4.67. The summed E-state index contributed by atoms with van der Waals surface area (Å²) in [6.45, 7) is 0. The highest BCUT2D eigenvalue weighted by Crippen LogP contribution is 2.32. The Hall–Kier alpha value is -2.26. The zero-order valence-electron chi connectivity index (χ0n) is 9.85. The summed E-state index contributed by atoms with van der Waals surface area (Å²) in [7, 11) is 0. The van der Waals surface area contributed by atoms with Crippen molar-refractivity contribution in [3.63, 3.8) is 0 Å². The van der Waals surface area contributed by atoms with Gasteiger partial charge in [0.05, 0.1) is 5.69 Å². The van der Waals surface area contributed by atoms with Crippen LogP contribution in [0.2, 0.25) is 5.02 Å². The SMILES string of the molecule is O=C(O)c1[nH]c(-c2ccccc2)c2cc(Cl)ccc12. The summed E-state index contributed by atoms with van der Waals surface area (Å²) in [5.74, 6) is -0.977. The van der Waals surface area contributed by atoms with Crippen LogP contribution in [0.1, 0.15) is 10.5 Å². The average Bonchev–Trinajstić information content (AvgIpc) is 2.78. The standard InChI is InChI=1S/C15H10ClNO2/c16-10-6-7-11-12(8-10)13(17-14(11)15(18)19)9-4-2-1-3-5-9/h1-8,17H,(H,18,19). The van der Waals surface area contributed by atoms with Crippen LogP contribution in [-0.4, -0.2) is 16.1 Å². The van der Waals surface area contributed by atoms with Gasteiger partial charge in [0.1, 0.15) is 5.69 Å². The fourth-order valence-electron chi connectivity index (χ4n) is 2.20. The highest BCUT2D eigenvalue weighted by molar-refractivity contribution is 6.31. The number of aromatic nitrogens is 1. The van der Waals surface area contributed by atoms with Gasteiger partial charge in [-0.3, -0.25) is 0 Å². The number of carboxylic acid groups (broad SMARTS) is 1. The van der Waals surface area contributed by atoms with Crippen molar-refractivity contribution in [1.82, 2.24) is 4.98 Å². The van der Waals surface area contributed by atoms with Crippen LogP contribution in [0, 0.1) is 0 Å². The van der Waals surface area contributed by atoms with Gasteiger partial charge < -0.3 is 10.1 Å². The molecule has 0 atom stereocenters. The van der Waals surface area contributed by atoms with E-state index in [9.17, 15) is 9.90 Å². The molecule has 4 heteroatoms. The third-order valence-corrected chi connectivity index (χ3v) is 3.28. The molecule has 0 saturated carbocycles. The minimum absolute atomic E-state index is 0.186. The van der Waals surface area contributed by atoms with Crippen molar-refractivity contribution in [2.24, 2.45) is 0 Å². The quantitative estimate of drug-likeness (QED) is 0.734. The minimum atomic E-state index is -0.977. The molecule has 3 nitrogen and oxygen atoms in total. The lowest BCUT2D eigenvalue weighted by Crippen LogP contribution is -1.96. The van der Waals surface area contributed by atoms with E-state index in [1.807, 2.05) is 30.3 Å². The fourth-order valence-corrected chi connectivity index (χ4v) is 2.37. The van der Waals surface area contributed by atoms with Gasteiger partial charge in [0.15, 0.2) is 0 Å². The summed E-state index contributed by atoms with van der Waals surface area (Å²) >= 11 is 6.01. The van der Waals surface area contributed by atoms with E-state index in [2.05, 4.69) is 4.98 Å². The Morgan fingerprint density at radius 3 is 2.47 bits per heavy atom. The van der Waals surface area contributed by atoms with Crippen LogP contribution >= 0.6 is 11.6 Å². The van der Waals surface area contributed by atoms with Crippen molar-refractivity contribution >= 4 is 28.3 Å². The van der Waals surface area contributed by atoms with E-state index in [0.29, 0.717) is 10.4 Å². The number of carboxylic acids is 1. The summed E-state index contributed by atoms with van der Waals surface area (Å²) in [5.41, 5.74) is 1.89. The predicted molar refractivity (Wildman–Crippen MR) is 75.7 cm³/mol. The summed E-state index contributed by atoms with van der Waals surface area (Å²) in [5, 5.41) is 11.3. The van der Waals surface area contributed by atoms with E-state index < -0.39 is 5.97 Å². The number of carbonyl (C=O) groups is 1. The van der Waals surface area contributed by atoms with Gasteiger partial charge >= 0.3 is 5.97 Å². The molecule has 3 aromatic rings. The van der Waals surface area contributed by atoms with E-state index in [4.69, 9.17) is 11.6 Å². The van der Waals surface area contributed by atoms with Gasteiger partial charge in [0, 0.05) is 15.8 Å². The van der Waals surface area contributed by atoms with Crippen molar-refractivity contribution in [3.8, 4) is 11.3 Å². The van der Waals surface area contributed by atoms with Crippen molar-refractivity contribution in [1.29, 1.82) is 0 Å². The smallest absolute Gasteiger partial charge is 0.352 e. The molecule has 0 spiro atoms. The number of H-pyrrole nitrogens is 1. The Kier molecular flexibility index (Phi) is 2.76. The molecular weight excluding hydrogens is 262 g/mol. The van der Waals surface area contributed by atoms with Crippen LogP contribution < -0.4 is 0 Å². The molecule has 0 aliphatic carbocycles. The molecule has 1 aromatic heterocycles. The molecule has 0 unspecified atom stereocenters. The molecule has 0 fully saturated rings. The van der Waals surface area contributed by atoms with E-state index in [1.165, 1.54) is 0 Å². The maximum atomic E-state index is 11.3. The number of hydrogen-bond donors (Lipinski definition) is 2. The first-order valence-electron chi connectivity index (χ1n) is 5.77. The summed E-state index contributed by atoms with van der Waals surface area (Å²) in [4.78, 5) is 14.3. The third-order valence-electron chi connectivity index (χ3n) is 3.05. The van der Waals surface area contributed by atoms with Gasteiger partial charge in [-0.15, -0.1) is 0 Å². The van der Waals surface area contributed by atoms with Crippen LogP contribution in [-0.2, 0) is 0 Å². The van der Waals surface area contributed by atoms with Crippen molar-refractivity contribution in [3.05, 3.63) is 59.2 Å². The number of aromatic amines is 1. The van der Waals surface area contributed by atoms with E-state index in [-0.39, 0.29) is 5.69 Å². The van der Waals surface area contributed by atoms with Crippen LogP contribution in [0.4, 0.5) is 0 Å². The molecule has 0 radical (unpaired) electrons. The molecule has 2 N–H and O–H groups in total. The summed E-state index contributed by atoms with van der Waals surface area (Å²) < 4.78 is 0. The molecule has 1 heterocycles. The average molecular weight is 272 g/mol. The van der Waals surface area contributed by atoms with Gasteiger partial charge in [-0.2, -0.15) is 0 Å². The van der Waals surface area contributed by atoms with Gasteiger partial charge in [-0.25, -0.2) is 4.79 Å². The van der Waals surface area contributed by atoms with Crippen LogP contribution in [0.5, 0.6) is 0 Å². The number of benzene rings is 2. The molecule has 0 amide bonds. The number of fused-ring (bicyclic) bond motifs is 1. The van der Waals surface area contributed by atoms with E-state index in [1.54, 1.807) is 18.2 Å². The minimum Gasteiger partial charge on any atom is -0.477 e. The number of hydrogen-bond acceptors (Lipinski definition) is 1.